The van der Waals surface area contributed by atoms with Crippen molar-refractivity contribution in [1.29, 1.82) is 0 Å². The highest BCUT2D eigenvalue weighted by Gasteiger charge is 2.25. The van der Waals surface area contributed by atoms with E-state index in [-0.39, 0.29) is 5.91 Å². The fourth-order valence-corrected chi connectivity index (χ4v) is 2.48. The highest BCUT2D eigenvalue weighted by Crippen LogP contribution is 2.37. The predicted molar refractivity (Wildman–Crippen MR) is 66.4 cm³/mol. The zero-order valence-corrected chi connectivity index (χ0v) is 10.0. The Bertz CT molecular complexity index is 331. The molecule has 2 unspecified atom stereocenters. The van der Waals surface area contributed by atoms with Gasteiger partial charge in [0.2, 0.25) is 0 Å². The van der Waals surface area contributed by atoms with Crippen molar-refractivity contribution in [2.45, 2.75) is 25.5 Å². The van der Waals surface area contributed by atoms with Gasteiger partial charge in [-0.25, -0.2) is 0 Å². The lowest BCUT2D eigenvalue weighted by Gasteiger charge is -2.08. The minimum absolute atomic E-state index is 0.316. The molecular formula is C12H17NOS. The number of carbonyl (C=O) groups is 1. The predicted octanol–water partition coefficient (Wildman–Crippen LogP) is 2.63. The minimum Gasteiger partial charge on any atom is -0.365 e. The molecule has 0 saturated carbocycles. The van der Waals surface area contributed by atoms with E-state index in [2.05, 4.69) is 26.5 Å². The van der Waals surface area contributed by atoms with E-state index < -0.39 is 0 Å². The van der Waals surface area contributed by atoms with Gasteiger partial charge in [0.05, 0.1) is 4.91 Å². The normalized spacial score (nSPS) is 25.6. The van der Waals surface area contributed by atoms with E-state index in [1.54, 1.807) is 0 Å². The first-order valence-corrected chi connectivity index (χ1v) is 5.96. The molecule has 15 heavy (non-hydrogen) atoms. The second-order valence-corrected chi connectivity index (χ2v) is 4.93. The van der Waals surface area contributed by atoms with Crippen molar-refractivity contribution in [3.63, 3.8) is 0 Å². The molecule has 1 rings (SSSR count). The topological polar surface area (TPSA) is 43.1 Å². The van der Waals surface area contributed by atoms with Crippen molar-refractivity contribution >= 4 is 17.7 Å². The van der Waals surface area contributed by atoms with Crippen LogP contribution in [0, 0.1) is 5.92 Å². The number of hydrogen-bond acceptors (Lipinski definition) is 2. The molecule has 0 fully saturated rings. The van der Waals surface area contributed by atoms with Crippen LogP contribution in [-0.2, 0) is 4.79 Å². The van der Waals surface area contributed by atoms with Crippen LogP contribution in [0.25, 0.3) is 0 Å². The second-order valence-electron chi connectivity index (χ2n) is 3.71. The van der Waals surface area contributed by atoms with Gasteiger partial charge in [-0.1, -0.05) is 44.2 Å². The van der Waals surface area contributed by atoms with Crippen molar-refractivity contribution in [2.24, 2.45) is 11.7 Å². The number of hydrogen-bond donors (Lipinski definition) is 1. The maximum atomic E-state index is 11.0. The molecule has 2 nitrogen and oxygen atoms in total. The van der Waals surface area contributed by atoms with Crippen molar-refractivity contribution in [3.8, 4) is 0 Å². The van der Waals surface area contributed by atoms with E-state index in [0.717, 1.165) is 12.0 Å². The minimum atomic E-state index is -0.322. The van der Waals surface area contributed by atoms with E-state index in [0.29, 0.717) is 16.1 Å². The van der Waals surface area contributed by atoms with E-state index in [1.165, 1.54) is 11.8 Å². The molecule has 1 aliphatic heterocycles. The molecule has 0 radical (unpaired) electrons. The average molecular weight is 223 g/mol. The van der Waals surface area contributed by atoms with Crippen molar-refractivity contribution in [1.82, 2.24) is 0 Å². The number of allylic oxidation sites excluding steroid dienone is 3. The van der Waals surface area contributed by atoms with Crippen LogP contribution in [0.5, 0.6) is 0 Å². The average Bonchev–Trinajstić information content (AvgIpc) is 2.56. The second kappa shape index (κ2) is 5.21. The molecule has 1 heterocycles. The van der Waals surface area contributed by atoms with Crippen molar-refractivity contribution in [3.05, 3.63) is 35.3 Å². The van der Waals surface area contributed by atoms with Gasteiger partial charge in [-0.05, 0) is 12.3 Å². The Hall–Kier alpha value is -0.960. The monoisotopic (exact) mass is 223 g/mol. The molecule has 0 aliphatic carbocycles. The third-order valence-corrected chi connectivity index (χ3v) is 3.86. The van der Waals surface area contributed by atoms with Crippen LogP contribution in [0.3, 0.4) is 0 Å². The molecule has 1 amide bonds. The first-order chi connectivity index (χ1) is 7.04. The molecule has 0 aromatic heterocycles. The fourth-order valence-electron chi connectivity index (χ4n) is 1.33. The van der Waals surface area contributed by atoms with Gasteiger partial charge in [0, 0.05) is 5.25 Å². The van der Waals surface area contributed by atoms with Gasteiger partial charge >= 0.3 is 0 Å². The Morgan fingerprint density at radius 2 is 2.40 bits per heavy atom. The Kier molecular flexibility index (Phi) is 4.21. The number of primary amides is 1. The Morgan fingerprint density at radius 3 is 2.87 bits per heavy atom. The van der Waals surface area contributed by atoms with Gasteiger partial charge in [-0.2, -0.15) is 0 Å². The summed E-state index contributed by atoms with van der Waals surface area (Å²) >= 11 is 1.54. The number of nitrogens with two attached hydrogens (primary N) is 1. The number of amides is 1. The van der Waals surface area contributed by atoms with Crippen LogP contribution < -0.4 is 5.73 Å². The maximum Gasteiger partial charge on any atom is 0.254 e. The summed E-state index contributed by atoms with van der Waals surface area (Å²) in [5.41, 5.74) is 6.34. The summed E-state index contributed by atoms with van der Waals surface area (Å²) in [6.07, 6.45) is 7.04. The highest BCUT2D eigenvalue weighted by atomic mass is 32.2. The van der Waals surface area contributed by atoms with Crippen LogP contribution in [-0.4, -0.2) is 11.2 Å². The lowest BCUT2D eigenvalue weighted by molar-refractivity contribution is -0.113. The largest absolute Gasteiger partial charge is 0.365 e. The molecule has 0 bridgehead atoms. The van der Waals surface area contributed by atoms with Gasteiger partial charge in [0.25, 0.3) is 5.91 Å². The number of rotatable bonds is 4. The Morgan fingerprint density at radius 1 is 1.73 bits per heavy atom. The summed E-state index contributed by atoms with van der Waals surface area (Å²) in [5, 5.41) is 0.316. The standard InChI is InChI=1S/C12H17NOS/c1-4-8(2)5-6-10-9(3)7-11(15-10)12(13)14/h5-7,9-10H,2,4H2,1,3H3,(H2,13,14)/b6-5-. The van der Waals surface area contributed by atoms with Crippen molar-refractivity contribution < 1.29 is 4.79 Å². The van der Waals surface area contributed by atoms with Gasteiger partial charge in [0.1, 0.15) is 0 Å². The fraction of sp³-hybridized carbons (Fsp3) is 0.417. The van der Waals surface area contributed by atoms with Crippen molar-refractivity contribution in [2.75, 3.05) is 0 Å². The zero-order valence-electron chi connectivity index (χ0n) is 9.19. The van der Waals surface area contributed by atoms with E-state index >= 15 is 0 Å². The summed E-state index contributed by atoms with van der Waals surface area (Å²) in [4.78, 5) is 11.7. The summed E-state index contributed by atoms with van der Waals surface area (Å²) < 4.78 is 0. The molecule has 0 aromatic carbocycles. The zero-order chi connectivity index (χ0) is 11.4. The van der Waals surface area contributed by atoms with Crippen LogP contribution in [0.4, 0.5) is 0 Å². The molecule has 1 aliphatic rings. The molecule has 3 heteroatoms. The smallest absolute Gasteiger partial charge is 0.254 e. The number of carbonyl (C=O) groups excluding carboxylic acids is 1. The molecule has 0 spiro atoms. The summed E-state index contributed by atoms with van der Waals surface area (Å²) in [5.74, 6) is 0.0375. The molecule has 2 N–H and O–H groups in total. The first-order valence-electron chi connectivity index (χ1n) is 5.08. The SMILES string of the molecule is C=C(/C=C\C1SC(C(N)=O)=CC1C)CC. The molecular weight excluding hydrogens is 206 g/mol. The lowest BCUT2D eigenvalue weighted by Crippen LogP contribution is -2.10. The Balaban J connectivity index is 2.59. The maximum absolute atomic E-state index is 11.0. The molecule has 2 atom stereocenters. The first kappa shape index (κ1) is 12.1. The van der Waals surface area contributed by atoms with Crippen LogP contribution in [0.15, 0.2) is 35.3 Å². The third-order valence-electron chi connectivity index (χ3n) is 2.41. The lowest BCUT2D eigenvalue weighted by atomic mass is 10.1. The molecule has 0 saturated heterocycles. The summed E-state index contributed by atoms with van der Waals surface area (Å²) in [6, 6.07) is 0. The summed E-state index contributed by atoms with van der Waals surface area (Å²) in [7, 11) is 0. The van der Waals surface area contributed by atoms with Gasteiger partial charge in [-0.15, -0.1) is 11.8 Å². The third kappa shape index (κ3) is 3.27. The van der Waals surface area contributed by atoms with Crippen LogP contribution >= 0.6 is 11.8 Å². The molecule has 0 aromatic rings. The van der Waals surface area contributed by atoms with Gasteiger partial charge < -0.3 is 5.73 Å². The van der Waals surface area contributed by atoms with Gasteiger partial charge in [0.15, 0.2) is 0 Å². The highest BCUT2D eigenvalue weighted by molar-refractivity contribution is 8.05. The quantitative estimate of drug-likeness (QED) is 0.744. The van der Waals surface area contributed by atoms with E-state index in [1.807, 2.05) is 12.2 Å². The molecule has 82 valence electrons. The van der Waals surface area contributed by atoms with Crippen LogP contribution in [0.1, 0.15) is 20.3 Å². The van der Waals surface area contributed by atoms with Gasteiger partial charge in [-0.3, -0.25) is 4.79 Å². The number of thioether (sulfide) groups is 1. The van der Waals surface area contributed by atoms with Crippen LogP contribution in [0.2, 0.25) is 0 Å². The van der Waals surface area contributed by atoms with E-state index in [9.17, 15) is 4.79 Å². The Labute approximate surface area is 95.3 Å². The summed E-state index contributed by atoms with van der Waals surface area (Å²) in [6.45, 7) is 8.07. The van der Waals surface area contributed by atoms with E-state index in [4.69, 9.17) is 5.73 Å².